The van der Waals surface area contributed by atoms with Gasteiger partial charge in [-0.2, -0.15) is 4.31 Å². The molecule has 2 rings (SSSR count). The first kappa shape index (κ1) is 13.1. The van der Waals surface area contributed by atoms with Crippen molar-refractivity contribution in [3.05, 3.63) is 28.2 Å². The molecule has 0 radical (unpaired) electrons. The highest BCUT2D eigenvalue weighted by molar-refractivity contribution is 9.10. The van der Waals surface area contributed by atoms with E-state index in [0.29, 0.717) is 23.9 Å². The van der Waals surface area contributed by atoms with Crippen LogP contribution >= 0.6 is 15.9 Å². The van der Waals surface area contributed by atoms with Crippen LogP contribution in [0.4, 0.5) is 0 Å². The van der Waals surface area contributed by atoms with E-state index in [1.54, 1.807) is 12.1 Å². The average Bonchev–Trinajstić information content (AvgIpc) is 2.13. The van der Waals surface area contributed by atoms with Gasteiger partial charge in [0.05, 0.1) is 4.90 Å². The van der Waals surface area contributed by atoms with Gasteiger partial charge in [-0.3, -0.25) is 0 Å². The maximum atomic E-state index is 12.2. The number of halogens is 1. The molecule has 94 valence electrons. The van der Waals surface area contributed by atoms with Gasteiger partial charge in [0.25, 0.3) is 0 Å². The van der Waals surface area contributed by atoms with Crippen LogP contribution in [0.1, 0.15) is 31.7 Å². The van der Waals surface area contributed by atoms with Crippen molar-refractivity contribution in [1.29, 1.82) is 0 Å². The molecule has 0 N–H and O–H groups in total. The minimum Gasteiger partial charge on any atom is -0.207 e. The second-order valence-corrected chi connectivity index (χ2v) is 7.49. The molecule has 1 saturated heterocycles. The molecule has 1 aromatic carbocycles. The van der Waals surface area contributed by atoms with Crippen molar-refractivity contribution in [2.75, 3.05) is 13.1 Å². The molecule has 0 spiro atoms. The van der Waals surface area contributed by atoms with E-state index in [2.05, 4.69) is 29.8 Å². The molecule has 1 heterocycles. The molecule has 0 aliphatic carbocycles. The molecule has 0 bridgehead atoms. The van der Waals surface area contributed by atoms with Crippen LogP contribution in [-0.4, -0.2) is 25.8 Å². The summed E-state index contributed by atoms with van der Waals surface area (Å²) in [5.74, 6) is 0.317. The van der Waals surface area contributed by atoms with Crippen LogP contribution in [0.2, 0.25) is 0 Å². The van der Waals surface area contributed by atoms with E-state index < -0.39 is 10.0 Å². The number of rotatable bonds is 3. The normalized spacial score (nSPS) is 17.2. The monoisotopic (exact) mass is 317 g/mol. The smallest absolute Gasteiger partial charge is 0.207 e. The summed E-state index contributed by atoms with van der Waals surface area (Å²) in [4.78, 5) is 0.398. The molecule has 0 atom stereocenters. The van der Waals surface area contributed by atoms with Crippen molar-refractivity contribution in [1.82, 2.24) is 4.31 Å². The lowest BCUT2D eigenvalue weighted by Crippen LogP contribution is -2.41. The number of hydrogen-bond donors (Lipinski definition) is 0. The Morgan fingerprint density at radius 3 is 2.35 bits per heavy atom. The third-order valence-corrected chi connectivity index (χ3v) is 5.35. The summed E-state index contributed by atoms with van der Waals surface area (Å²) in [7, 11) is -3.28. The van der Waals surface area contributed by atoms with E-state index in [1.807, 2.05) is 6.07 Å². The van der Waals surface area contributed by atoms with Crippen LogP contribution in [0.15, 0.2) is 27.6 Å². The van der Waals surface area contributed by atoms with Gasteiger partial charge in [0.1, 0.15) is 0 Å². The van der Waals surface area contributed by atoms with Crippen LogP contribution in [0.3, 0.4) is 0 Å². The first-order chi connectivity index (χ1) is 7.91. The van der Waals surface area contributed by atoms with Crippen LogP contribution in [0.5, 0.6) is 0 Å². The Balaban J connectivity index is 2.44. The highest BCUT2D eigenvalue weighted by Gasteiger charge is 2.29. The van der Waals surface area contributed by atoms with E-state index in [9.17, 15) is 8.42 Å². The van der Waals surface area contributed by atoms with Crippen molar-refractivity contribution >= 4 is 26.0 Å². The third-order valence-electron chi connectivity index (χ3n) is 3.01. The number of hydrogen-bond acceptors (Lipinski definition) is 2. The molecule has 1 fully saturated rings. The van der Waals surface area contributed by atoms with Crippen LogP contribution < -0.4 is 0 Å². The Labute approximate surface area is 111 Å². The van der Waals surface area contributed by atoms with Crippen molar-refractivity contribution < 1.29 is 8.42 Å². The largest absolute Gasteiger partial charge is 0.243 e. The second-order valence-electron chi connectivity index (χ2n) is 4.63. The van der Waals surface area contributed by atoms with E-state index in [-0.39, 0.29) is 0 Å². The molecule has 1 aromatic rings. The van der Waals surface area contributed by atoms with Gasteiger partial charge in [-0.25, -0.2) is 8.42 Å². The standard InChI is InChI=1S/C12H16BrNO2S/c1-9(2)10-6-11(13)8-12(7-10)17(15,16)14-4-3-5-14/h6-9H,3-5H2,1-2H3. The highest BCUT2D eigenvalue weighted by atomic mass is 79.9. The van der Waals surface area contributed by atoms with E-state index in [0.717, 1.165) is 16.5 Å². The second kappa shape index (κ2) is 4.71. The summed E-state index contributed by atoms with van der Waals surface area (Å²) in [5, 5.41) is 0. The van der Waals surface area contributed by atoms with Gasteiger partial charge in [0.2, 0.25) is 10.0 Å². The summed E-state index contributed by atoms with van der Waals surface area (Å²) in [5.41, 5.74) is 1.04. The number of benzene rings is 1. The summed E-state index contributed by atoms with van der Waals surface area (Å²) in [6.07, 6.45) is 0.963. The zero-order valence-corrected chi connectivity index (χ0v) is 12.4. The summed E-state index contributed by atoms with van der Waals surface area (Å²) in [6, 6.07) is 5.43. The van der Waals surface area contributed by atoms with E-state index in [1.165, 1.54) is 4.31 Å². The Morgan fingerprint density at radius 1 is 1.24 bits per heavy atom. The molecule has 17 heavy (non-hydrogen) atoms. The number of nitrogens with zero attached hydrogens (tertiary/aromatic N) is 1. The maximum Gasteiger partial charge on any atom is 0.243 e. The lowest BCUT2D eigenvalue weighted by molar-refractivity contribution is 0.309. The SMILES string of the molecule is CC(C)c1cc(Br)cc(S(=O)(=O)N2CCC2)c1. The number of sulfonamides is 1. The minimum atomic E-state index is -3.28. The van der Waals surface area contributed by atoms with Crippen LogP contribution in [-0.2, 0) is 10.0 Å². The lowest BCUT2D eigenvalue weighted by atomic mass is 10.0. The van der Waals surface area contributed by atoms with E-state index in [4.69, 9.17) is 0 Å². The van der Waals surface area contributed by atoms with Crippen molar-refractivity contribution in [3.8, 4) is 0 Å². The van der Waals surface area contributed by atoms with Crippen molar-refractivity contribution in [2.45, 2.75) is 31.1 Å². The van der Waals surface area contributed by atoms with Crippen LogP contribution in [0.25, 0.3) is 0 Å². The van der Waals surface area contributed by atoms with Crippen molar-refractivity contribution in [3.63, 3.8) is 0 Å². The fraction of sp³-hybridized carbons (Fsp3) is 0.500. The summed E-state index contributed by atoms with van der Waals surface area (Å²) in [6.45, 7) is 5.40. The molecular weight excluding hydrogens is 302 g/mol. The van der Waals surface area contributed by atoms with Gasteiger partial charge in [-0.15, -0.1) is 0 Å². The minimum absolute atomic E-state index is 0.317. The molecule has 3 nitrogen and oxygen atoms in total. The van der Waals surface area contributed by atoms with Gasteiger partial charge >= 0.3 is 0 Å². The first-order valence-electron chi connectivity index (χ1n) is 5.72. The Bertz CT molecular complexity index is 521. The van der Waals surface area contributed by atoms with Gasteiger partial charge in [-0.1, -0.05) is 29.8 Å². The van der Waals surface area contributed by atoms with Gasteiger partial charge < -0.3 is 0 Å². The topological polar surface area (TPSA) is 37.4 Å². The molecule has 5 heteroatoms. The molecule has 0 aromatic heterocycles. The molecule has 0 unspecified atom stereocenters. The molecule has 0 amide bonds. The summed E-state index contributed by atoms with van der Waals surface area (Å²) < 4.78 is 26.8. The summed E-state index contributed by atoms with van der Waals surface area (Å²) >= 11 is 3.38. The zero-order chi connectivity index (χ0) is 12.6. The predicted molar refractivity (Wildman–Crippen MR) is 71.6 cm³/mol. The van der Waals surface area contributed by atoms with Crippen LogP contribution in [0, 0.1) is 0 Å². The molecule has 1 aliphatic rings. The highest BCUT2D eigenvalue weighted by Crippen LogP contribution is 2.28. The van der Waals surface area contributed by atoms with Gasteiger partial charge in [-0.05, 0) is 36.1 Å². The zero-order valence-electron chi connectivity index (χ0n) is 9.98. The quantitative estimate of drug-likeness (QED) is 0.859. The fourth-order valence-corrected chi connectivity index (χ4v) is 4.00. The fourth-order valence-electron chi connectivity index (χ4n) is 1.74. The lowest BCUT2D eigenvalue weighted by Gasteiger charge is -2.30. The van der Waals surface area contributed by atoms with Gasteiger partial charge in [0, 0.05) is 17.6 Å². The molecule has 1 aliphatic heterocycles. The maximum absolute atomic E-state index is 12.2. The van der Waals surface area contributed by atoms with Crippen molar-refractivity contribution in [2.24, 2.45) is 0 Å². The van der Waals surface area contributed by atoms with E-state index >= 15 is 0 Å². The third kappa shape index (κ3) is 2.56. The Hall–Kier alpha value is -0.390. The average molecular weight is 318 g/mol. The van der Waals surface area contributed by atoms with Gasteiger partial charge in [0.15, 0.2) is 0 Å². The predicted octanol–water partition coefficient (Wildman–Crippen LogP) is 2.97. The molecule has 0 saturated carbocycles. The Kier molecular flexibility index (Phi) is 3.61. The Morgan fingerprint density at radius 2 is 1.88 bits per heavy atom. The molecular formula is C12H16BrNO2S. The first-order valence-corrected chi connectivity index (χ1v) is 7.95.